The van der Waals surface area contributed by atoms with Crippen LogP contribution in [0.3, 0.4) is 0 Å². The Morgan fingerprint density at radius 1 is 1.67 bits per heavy atom. The van der Waals surface area contributed by atoms with Crippen molar-refractivity contribution in [3.8, 4) is 0 Å². The fraction of sp³-hybridized carbons (Fsp3) is 0.500. The summed E-state index contributed by atoms with van der Waals surface area (Å²) in [5.41, 5.74) is 0.847. The van der Waals surface area contributed by atoms with Crippen molar-refractivity contribution in [2.75, 3.05) is 0 Å². The Morgan fingerprint density at radius 3 is 2.83 bits per heavy atom. The second-order valence-electron chi connectivity index (χ2n) is 2.53. The third-order valence-corrected chi connectivity index (χ3v) is 2.78. The van der Waals surface area contributed by atoms with Gasteiger partial charge in [-0.3, -0.25) is 4.79 Å². The monoisotopic (exact) mass is 203 g/mol. The predicted octanol–water partition coefficient (Wildman–Crippen LogP) is 2.78. The van der Waals surface area contributed by atoms with Gasteiger partial charge in [-0.25, -0.2) is 4.98 Å². The first-order valence-corrected chi connectivity index (χ1v) is 5.00. The highest BCUT2D eigenvalue weighted by Crippen LogP contribution is 2.20. The number of thiazole rings is 1. The summed E-state index contributed by atoms with van der Waals surface area (Å²) >= 11 is 6.76. The van der Waals surface area contributed by atoms with E-state index in [4.69, 9.17) is 11.6 Å². The van der Waals surface area contributed by atoms with Crippen molar-refractivity contribution in [1.29, 1.82) is 0 Å². The summed E-state index contributed by atoms with van der Waals surface area (Å²) in [6, 6.07) is 0. The van der Waals surface area contributed by atoms with Gasteiger partial charge in [0.1, 0.15) is 4.88 Å². The topological polar surface area (TPSA) is 30.0 Å². The molecule has 0 aliphatic rings. The Hall–Kier alpha value is -0.410. The van der Waals surface area contributed by atoms with Crippen LogP contribution >= 0.6 is 22.9 Å². The highest BCUT2D eigenvalue weighted by Gasteiger charge is 2.13. The first kappa shape index (κ1) is 9.68. The van der Waals surface area contributed by atoms with Gasteiger partial charge in [0, 0.05) is 0 Å². The molecule has 0 aromatic carbocycles. The molecule has 12 heavy (non-hydrogen) atoms. The molecule has 0 radical (unpaired) electrons. The van der Waals surface area contributed by atoms with Gasteiger partial charge in [0.05, 0.1) is 10.7 Å². The second kappa shape index (κ2) is 4.01. The van der Waals surface area contributed by atoms with Crippen molar-refractivity contribution in [3.05, 3.63) is 15.6 Å². The zero-order chi connectivity index (χ0) is 9.14. The van der Waals surface area contributed by atoms with Crippen LogP contribution in [0.2, 0.25) is 0 Å². The lowest BCUT2D eigenvalue weighted by Crippen LogP contribution is -1.92. The molecule has 0 N–H and O–H groups in total. The number of carbonyl (C=O) groups excluding carboxylic acids is 1. The maximum atomic E-state index is 10.9. The fourth-order valence-corrected chi connectivity index (χ4v) is 2.05. The minimum Gasteiger partial charge on any atom is -0.275 e. The summed E-state index contributed by atoms with van der Waals surface area (Å²) in [5.74, 6) is 0. The summed E-state index contributed by atoms with van der Waals surface area (Å²) < 4.78 is 0. The zero-order valence-electron chi connectivity index (χ0n) is 7.06. The second-order valence-corrected chi connectivity index (χ2v) is 4.08. The molecule has 0 aliphatic heterocycles. The van der Waals surface area contributed by atoms with E-state index >= 15 is 0 Å². The predicted molar refractivity (Wildman–Crippen MR) is 51.0 cm³/mol. The van der Waals surface area contributed by atoms with E-state index in [2.05, 4.69) is 11.9 Å². The number of carbonyl (C=O) groups is 1. The highest BCUT2D eigenvalue weighted by molar-refractivity contribution is 7.15. The largest absolute Gasteiger partial charge is 0.275 e. The first-order valence-electron chi connectivity index (χ1n) is 3.81. The Kier molecular flexibility index (Phi) is 3.23. The van der Waals surface area contributed by atoms with Crippen LogP contribution in [0.5, 0.6) is 0 Å². The van der Waals surface area contributed by atoms with Gasteiger partial charge < -0.3 is 0 Å². The van der Waals surface area contributed by atoms with Gasteiger partial charge in [-0.05, 0) is 24.9 Å². The normalized spacial score (nSPS) is 10.2. The van der Waals surface area contributed by atoms with E-state index in [1.165, 1.54) is 11.3 Å². The average molecular weight is 204 g/mol. The molecule has 1 rings (SSSR count). The standard InChI is InChI=1S/C8H10ClNOS/c1-3-4-6-7(8(9)11)12-5(2)10-6/h3-4H2,1-2H3. The van der Waals surface area contributed by atoms with E-state index in [0.29, 0.717) is 4.88 Å². The van der Waals surface area contributed by atoms with Crippen molar-refractivity contribution >= 4 is 28.2 Å². The minimum absolute atomic E-state index is 0.385. The Balaban J connectivity index is 2.99. The molecule has 0 bridgehead atoms. The molecular weight excluding hydrogens is 194 g/mol. The fourth-order valence-electron chi connectivity index (χ4n) is 1.03. The SMILES string of the molecule is CCCc1nc(C)sc1C(=O)Cl. The van der Waals surface area contributed by atoms with Crippen LogP contribution in [-0.2, 0) is 6.42 Å². The van der Waals surface area contributed by atoms with Gasteiger partial charge in [-0.15, -0.1) is 11.3 Å². The van der Waals surface area contributed by atoms with Gasteiger partial charge in [-0.1, -0.05) is 13.3 Å². The molecule has 2 nitrogen and oxygen atoms in total. The van der Waals surface area contributed by atoms with Gasteiger partial charge in [0.2, 0.25) is 0 Å². The summed E-state index contributed by atoms with van der Waals surface area (Å²) in [6.07, 6.45) is 1.82. The van der Waals surface area contributed by atoms with E-state index in [1.54, 1.807) is 0 Å². The summed E-state index contributed by atoms with van der Waals surface area (Å²) in [6.45, 7) is 3.93. The number of aryl methyl sites for hydroxylation is 2. The third-order valence-electron chi connectivity index (χ3n) is 1.47. The molecule has 1 heterocycles. The number of halogens is 1. The summed E-state index contributed by atoms with van der Waals surface area (Å²) in [7, 11) is 0. The van der Waals surface area contributed by atoms with Crippen LogP contribution < -0.4 is 0 Å². The van der Waals surface area contributed by atoms with Gasteiger partial charge >= 0.3 is 0 Å². The Labute approximate surface area is 80.6 Å². The van der Waals surface area contributed by atoms with Crippen molar-refractivity contribution in [1.82, 2.24) is 4.98 Å². The molecule has 0 unspecified atom stereocenters. The first-order chi connectivity index (χ1) is 5.65. The smallest absolute Gasteiger partial charge is 0.264 e. The van der Waals surface area contributed by atoms with Crippen LogP contribution in [0.4, 0.5) is 0 Å². The van der Waals surface area contributed by atoms with Crippen molar-refractivity contribution < 1.29 is 4.79 Å². The van der Waals surface area contributed by atoms with Crippen LogP contribution in [0.15, 0.2) is 0 Å². The third kappa shape index (κ3) is 2.05. The number of rotatable bonds is 3. The number of hydrogen-bond donors (Lipinski definition) is 0. The molecule has 0 saturated heterocycles. The minimum atomic E-state index is -0.385. The Morgan fingerprint density at radius 2 is 2.33 bits per heavy atom. The number of hydrogen-bond acceptors (Lipinski definition) is 3. The summed E-state index contributed by atoms with van der Waals surface area (Å²) in [5, 5.41) is 0.520. The molecule has 0 amide bonds. The lowest BCUT2D eigenvalue weighted by atomic mass is 10.2. The molecule has 1 aromatic rings. The van der Waals surface area contributed by atoms with Gasteiger partial charge in [0.15, 0.2) is 0 Å². The maximum Gasteiger partial charge on any atom is 0.264 e. The molecule has 0 saturated carbocycles. The number of nitrogens with zero attached hydrogens (tertiary/aromatic N) is 1. The zero-order valence-corrected chi connectivity index (χ0v) is 8.63. The van der Waals surface area contributed by atoms with Crippen LogP contribution in [0.1, 0.15) is 33.7 Å². The van der Waals surface area contributed by atoms with E-state index in [9.17, 15) is 4.79 Å². The van der Waals surface area contributed by atoms with E-state index in [-0.39, 0.29) is 5.24 Å². The number of aromatic nitrogens is 1. The molecule has 1 aromatic heterocycles. The molecule has 0 spiro atoms. The van der Waals surface area contributed by atoms with E-state index in [1.807, 2.05) is 6.92 Å². The van der Waals surface area contributed by atoms with Crippen molar-refractivity contribution in [3.63, 3.8) is 0 Å². The molecule has 0 fully saturated rings. The van der Waals surface area contributed by atoms with Crippen LogP contribution in [0.25, 0.3) is 0 Å². The molecule has 0 atom stereocenters. The van der Waals surface area contributed by atoms with E-state index < -0.39 is 0 Å². The molecular formula is C8H10ClNOS. The lowest BCUT2D eigenvalue weighted by molar-refractivity contribution is 0.108. The van der Waals surface area contributed by atoms with Crippen molar-refractivity contribution in [2.45, 2.75) is 26.7 Å². The van der Waals surface area contributed by atoms with Gasteiger partial charge in [0.25, 0.3) is 5.24 Å². The van der Waals surface area contributed by atoms with Crippen LogP contribution in [0, 0.1) is 6.92 Å². The van der Waals surface area contributed by atoms with E-state index in [0.717, 1.165) is 23.5 Å². The Bertz CT molecular complexity index is 295. The highest BCUT2D eigenvalue weighted by atomic mass is 35.5. The average Bonchev–Trinajstić information content (AvgIpc) is 2.32. The quantitative estimate of drug-likeness (QED) is 0.708. The summed E-state index contributed by atoms with van der Waals surface area (Å²) in [4.78, 5) is 15.7. The van der Waals surface area contributed by atoms with Crippen LogP contribution in [-0.4, -0.2) is 10.2 Å². The molecule has 0 aliphatic carbocycles. The molecule has 4 heteroatoms. The lowest BCUT2D eigenvalue weighted by Gasteiger charge is -1.92. The van der Waals surface area contributed by atoms with Crippen molar-refractivity contribution in [2.24, 2.45) is 0 Å². The van der Waals surface area contributed by atoms with Gasteiger partial charge in [-0.2, -0.15) is 0 Å². The maximum absolute atomic E-state index is 10.9. The molecule has 66 valence electrons.